The van der Waals surface area contributed by atoms with Gasteiger partial charge >= 0.3 is 23.5 Å². The molecule has 324 valence electrons. The molecular weight excluding hydrogens is 873 g/mol. The number of amides is 4. The first-order valence-electron chi connectivity index (χ1n) is 17.2. The number of nitrogens with one attached hydrogen (secondary N) is 4. The second kappa shape index (κ2) is 23.0. The highest BCUT2D eigenvalue weighted by atomic mass is 33.1. The largest absolute Gasteiger partial charge is 0.490 e. The number of ether oxygens (including phenoxy) is 1. The summed E-state index contributed by atoms with van der Waals surface area (Å²) in [6.45, 7) is 0.800. The maximum atomic E-state index is 12.6. The van der Waals surface area contributed by atoms with Gasteiger partial charge in [0.2, 0.25) is 23.6 Å². The van der Waals surface area contributed by atoms with Crippen LogP contribution in [0.3, 0.4) is 0 Å². The van der Waals surface area contributed by atoms with Gasteiger partial charge in [0.1, 0.15) is 36.2 Å². The SMILES string of the molecule is CNC(=O)CCCCCNC(=O)C(CSSCCC(=O)NCC#Cc1cn(C2CC(O)C(COP(=O)(O)OP(=O)(O)OP(=O)(O)O)O2)c2ncnc(N)c12)NC(C)=O. The number of nitrogen functional groups attached to an aromatic ring is 1. The van der Waals surface area contributed by atoms with E-state index in [4.69, 9.17) is 20.3 Å². The second-order valence-corrected chi connectivity index (χ2v) is 19.2. The van der Waals surface area contributed by atoms with Crippen molar-refractivity contribution in [2.45, 2.75) is 69.9 Å². The average Bonchev–Trinajstić information content (AvgIpc) is 3.68. The topological polar surface area (TPSA) is 362 Å². The van der Waals surface area contributed by atoms with Crippen molar-refractivity contribution in [3.05, 3.63) is 18.1 Å². The van der Waals surface area contributed by atoms with Gasteiger partial charge in [0.15, 0.2) is 0 Å². The number of unbranched alkanes of at least 4 members (excludes halogenated alkanes) is 2. The number of anilines is 1. The van der Waals surface area contributed by atoms with Gasteiger partial charge in [0.25, 0.3) is 0 Å². The molecular formula is C29H45N8O16P3S2. The zero-order chi connectivity index (χ0) is 43.1. The van der Waals surface area contributed by atoms with Crippen molar-refractivity contribution < 1.29 is 75.4 Å². The molecule has 0 aliphatic carbocycles. The van der Waals surface area contributed by atoms with Crippen molar-refractivity contribution in [1.82, 2.24) is 35.8 Å². The van der Waals surface area contributed by atoms with E-state index < -0.39 is 54.6 Å². The summed E-state index contributed by atoms with van der Waals surface area (Å²) in [6, 6.07) is -0.763. The lowest BCUT2D eigenvalue weighted by molar-refractivity contribution is -0.127. The molecule has 0 spiro atoms. The molecule has 58 heavy (non-hydrogen) atoms. The van der Waals surface area contributed by atoms with Crippen LogP contribution in [0.15, 0.2) is 12.5 Å². The molecule has 2 aromatic heterocycles. The van der Waals surface area contributed by atoms with Gasteiger partial charge in [-0.15, -0.1) is 0 Å². The summed E-state index contributed by atoms with van der Waals surface area (Å²) in [5, 5.41) is 21.6. The van der Waals surface area contributed by atoms with Gasteiger partial charge in [-0.05, 0) is 12.8 Å². The minimum absolute atomic E-state index is 0.0409. The van der Waals surface area contributed by atoms with Crippen LogP contribution < -0.4 is 27.0 Å². The molecule has 0 saturated carbocycles. The lowest BCUT2D eigenvalue weighted by Crippen LogP contribution is -2.47. The molecule has 1 saturated heterocycles. The Balaban J connectivity index is 1.48. The number of phosphoric acid groups is 3. The number of nitrogens with zero attached hydrogens (tertiary/aromatic N) is 3. The highest BCUT2D eigenvalue weighted by Crippen LogP contribution is 2.66. The molecule has 6 atom stereocenters. The van der Waals surface area contributed by atoms with Crippen molar-refractivity contribution in [2.24, 2.45) is 0 Å². The average molecular weight is 919 g/mol. The van der Waals surface area contributed by atoms with Crippen LogP contribution in [-0.4, -0.2) is 119 Å². The normalized spacial score (nSPS) is 19.3. The number of phosphoric ester groups is 1. The van der Waals surface area contributed by atoms with Crippen LogP contribution in [0.25, 0.3) is 11.0 Å². The van der Waals surface area contributed by atoms with Gasteiger partial charge in [-0.3, -0.25) is 23.7 Å². The van der Waals surface area contributed by atoms with Gasteiger partial charge < -0.3 is 61.0 Å². The number of hydrogen-bond donors (Lipinski definition) is 10. The van der Waals surface area contributed by atoms with E-state index in [1.165, 1.54) is 45.6 Å². The molecule has 1 fully saturated rings. The maximum Gasteiger partial charge on any atom is 0.490 e. The van der Waals surface area contributed by atoms with Crippen LogP contribution in [0.2, 0.25) is 0 Å². The third-order valence-corrected chi connectivity index (χ3v) is 13.9. The van der Waals surface area contributed by atoms with E-state index in [1.807, 2.05) is 0 Å². The molecule has 0 bridgehead atoms. The summed E-state index contributed by atoms with van der Waals surface area (Å²) in [5.41, 5.74) is 6.68. The Morgan fingerprint density at radius 3 is 2.47 bits per heavy atom. The summed E-state index contributed by atoms with van der Waals surface area (Å²) in [5.74, 6) is 5.42. The quantitative estimate of drug-likeness (QED) is 0.0307. The molecule has 6 unspecified atom stereocenters. The van der Waals surface area contributed by atoms with E-state index in [1.54, 1.807) is 7.05 Å². The van der Waals surface area contributed by atoms with E-state index in [0.29, 0.717) is 42.5 Å². The van der Waals surface area contributed by atoms with Gasteiger partial charge in [0.05, 0.1) is 30.2 Å². The van der Waals surface area contributed by atoms with Crippen molar-refractivity contribution >= 4 is 85.5 Å². The van der Waals surface area contributed by atoms with Gasteiger partial charge in [-0.25, -0.2) is 23.7 Å². The van der Waals surface area contributed by atoms with Crippen LogP contribution in [0.1, 0.15) is 57.2 Å². The minimum atomic E-state index is -5.75. The highest BCUT2D eigenvalue weighted by molar-refractivity contribution is 8.76. The fourth-order valence-electron chi connectivity index (χ4n) is 5.08. The Hall–Kier alpha value is -3.11. The number of aromatic nitrogens is 3. The molecule has 3 rings (SSSR count). The van der Waals surface area contributed by atoms with Crippen molar-refractivity contribution in [3.63, 3.8) is 0 Å². The first-order valence-corrected chi connectivity index (χ1v) is 24.2. The number of carbonyl (C=O) groups excluding carboxylic acids is 4. The van der Waals surface area contributed by atoms with E-state index in [2.05, 4.69) is 56.2 Å². The zero-order valence-electron chi connectivity index (χ0n) is 31.0. The maximum absolute atomic E-state index is 12.6. The molecule has 4 amide bonds. The number of hydrogen-bond acceptors (Lipinski definition) is 17. The van der Waals surface area contributed by atoms with Crippen molar-refractivity contribution in [3.8, 4) is 11.8 Å². The second-order valence-electron chi connectivity index (χ2n) is 12.2. The predicted molar refractivity (Wildman–Crippen MR) is 209 cm³/mol. The number of carbonyl (C=O) groups is 4. The summed E-state index contributed by atoms with van der Waals surface area (Å²) in [4.78, 5) is 92.7. The number of fused-ring (bicyclic) bond motifs is 1. The summed E-state index contributed by atoms with van der Waals surface area (Å²) >= 11 is 0. The van der Waals surface area contributed by atoms with Crippen LogP contribution >= 0.6 is 45.1 Å². The van der Waals surface area contributed by atoms with Crippen LogP contribution in [0.4, 0.5) is 5.82 Å². The monoisotopic (exact) mass is 918 g/mol. The lowest BCUT2D eigenvalue weighted by atomic mass is 10.2. The Morgan fingerprint density at radius 2 is 1.78 bits per heavy atom. The first kappa shape index (κ1) is 49.3. The molecule has 29 heteroatoms. The molecule has 1 aliphatic heterocycles. The molecule has 11 N–H and O–H groups in total. The number of rotatable bonds is 23. The molecule has 0 radical (unpaired) electrons. The highest BCUT2D eigenvalue weighted by Gasteiger charge is 2.43. The summed E-state index contributed by atoms with van der Waals surface area (Å²) in [6.07, 6.45) is 1.68. The molecule has 24 nitrogen and oxygen atoms in total. The summed E-state index contributed by atoms with van der Waals surface area (Å²) < 4.78 is 53.8. The van der Waals surface area contributed by atoms with E-state index in [-0.39, 0.29) is 60.2 Å². The molecule has 3 heterocycles. The number of aliphatic hydroxyl groups excluding tert-OH is 1. The lowest BCUT2D eigenvalue weighted by Gasteiger charge is -2.19. The van der Waals surface area contributed by atoms with Crippen molar-refractivity contribution in [2.75, 3.05) is 44.0 Å². The van der Waals surface area contributed by atoms with E-state index in [0.717, 1.165) is 6.42 Å². The number of aliphatic hydroxyl groups is 1. The van der Waals surface area contributed by atoms with Crippen LogP contribution in [0.5, 0.6) is 0 Å². The Kier molecular flexibility index (Phi) is 19.6. The standard InChI is InChI=1S/C29H45N8O16P3S2/c1-18(38)36-20(29(42)33-10-5-3-4-8-23(40)31-2)16-58-57-12-9-24(41)32-11-6-7-19-14-37(28-26(19)27(30)34-17-35-28)25-13-21(39)22(51-25)15-50-55(46,47)53-56(48,49)52-54(43,44)45/h14,17,20-22,25,39H,3-5,8-13,15-16H2,1-2H3,(H,31,40)(H,32,41)(H,33,42)(H,36,38)(H,46,47)(H,48,49)(H2,30,34,35)(H2,43,44,45). The van der Waals surface area contributed by atoms with Gasteiger partial charge in [-0.1, -0.05) is 39.8 Å². The third kappa shape index (κ3) is 17.2. The third-order valence-electron chi connectivity index (χ3n) is 7.65. The Bertz CT molecular complexity index is 1980. The van der Waals surface area contributed by atoms with Crippen LogP contribution in [-0.2, 0) is 50.8 Å². The van der Waals surface area contributed by atoms with Gasteiger partial charge in [-0.2, -0.15) is 8.62 Å². The number of nitrogens with two attached hydrogens (primary N) is 1. The first-order chi connectivity index (χ1) is 27.2. The summed E-state index contributed by atoms with van der Waals surface area (Å²) in [7, 11) is -12.5. The fraction of sp³-hybridized carbons (Fsp3) is 0.586. The van der Waals surface area contributed by atoms with Crippen LogP contribution in [0, 0.1) is 11.8 Å². The smallest absolute Gasteiger partial charge is 0.390 e. The minimum Gasteiger partial charge on any atom is -0.390 e. The Labute approximate surface area is 339 Å². The molecule has 1 aliphatic rings. The van der Waals surface area contributed by atoms with E-state index >= 15 is 0 Å². The van der Waals surface area contributed by atoms with Crippen molar-refractivity contribution in [1.29, 1.82) is 0 Å². The van der Waals surface area contributed by atoms with Gasteiger partial charge in [0, 0.05) is 57.5 Å². The Morgan fingerprint density at radius 1 is 1.03 bits per heavy atom. The fourth-order valence-corrected chi connectivity index (χ4v) is 10.3. The molecule has 0 aromatic carbocycles. The molecule has 2 aromatic rings. The van der Waals surface area contributed by atoms with E-state index in [9.17, 15) is 47.8 Å². The predicted octanol–water partition coefficient (Wildman–Crippen LogP) is 0.172. The zero-order valence-corrected chi connectivity index (χ0v) is 35.4.